The molecule has 2 aliphatic rings. The van der Waals surface area contributed by atoms with Crippen LogP contribution in [0.15, 0.2) is 0 Å². The zero-order chi connectivity index (χ0) is 13.0. The molecule has 1 aliphatic carbocycles. The first-order chi connectivity index (χ1) is 8.69. The van der Waals surface area contributed by atoms with Gasteiger partial charge in [0.25, 0.3) is 0 Å². The minimum atomic E-state index is 0.0271. The van der Waals surface area contributed by atoms with Crippen LogP contribution in [0.25, 0.3) is 0 Å². The van der Waals surface area contributed by atoms with E-state index in [0.29, 0.717) is 18.0 Å². The van der Waals surface area contributed by atoms with E-state index in [9.17, 15) is 4.79 Å². The summed E-state index contributed by atoms with van der Waals surface area (Å²) in [6, 6.07) is 0.718. The number of carbonyl (C=O) groups excluding carboxylic acids is 1. The van der Waals surface area contributed by atoms with Crippen molar-refractivity contribution in [3.63, 3.8) is 0 Å². The number of nitrogens with one attached hydrogen (secondary N) is 2. The molecule has 2 atom stereocenters. The van der Waals surface area contributed by atoms with Gasteiger partial charge < -0.3 is 16.4 Å². The molecule has 2 rings (SSSR count). The molecule has 1 heterocycles. The molecule has 0 spiro atoms. The molecule has 1 saturated carbocycles. The third-order valence-corrected chi connectivity index (χ3v) is 4.52. The Morgan fingerprint density at radius 3 is 2.67 bits per heavy atom. The number of hydrogen-bond donors (Lipinski definition) is 3. The lowest BCUT2D eigenvalue weighted by molar-refractivity contribution is -0.125. The van der Waals surface area contributed by atoms with Crippen molar-refractivity contribution in [3.8, 4) is 0 Å². The van der Waals surface area contributed by atoms with Gasteiger partial charge in [0.1, 0.15) is 0 Å². The number of piperidine rings is 1. The van der Waals surface area contributed by atoms with E-state index < -0.39 is 0 Å². The van der Waals surface area contributed by atoms with Gasteiger partial charge in [-0.1, -0.05) is 13.3 Å². The van der Waals surface area contributed by atoms with Crippen LogP contribution >= 0.6 is 0 Å². The third kappa shape index (κ3) is 3.69. The van der Waals surface area contributed by atoms with E-state index in [1.54, 1.807) is 0 Å². The number of hydrogen-bond acceptors (Lipinski definition) is 3. The Morgan fingerprint density at radius 1 is 1.28 bits per heavy atom. The molecule has 0 aromatic carbocycles. The smallest absolute Gasteiger partial charge is 0.237 e. The van der Waals surface area contributed by atoms with Crippen molar-refractivity contribution < 1.29 is 4.79 Å². The first-order valence-corrected chi connectivity index (χ1v) is 7.48. The van der Waals surface area contributed by atoms with Crippen LogP contribution in [0, 0.1) is 5.92 Å². The highest BCUT2D eigenvalue weighted by Crippen LogP contribution is 2.21. The van der Waals surface area contributed by atoms with E-state index in [1.165, 1.54) is 12.8 Å². The van der Waals surface area contributed by atoms with Gasteiger partial charge in [-0.25, -0.2) is 0 Å². The summed E-state index contributed by atoms with van der Waals surface area (Å²) in [5, 5.41) is 6.54. The average molecular weight is 253 g/mol. The summed E-state index contributed by atoms with van der Waals surface area (Å²) in [6.45, 7) is 3.19. The normalized spacial score (nSPS) is 37.2. The van der Waals surface area contributed by atoms with Crippen molar-refractivity contribution in [2.75, 3.05) is 6.54 Å². The first kappa shape index (κ1) is 13.8. The maximum Gasteiger partial charge on any atom is 0.237 e. The van der Waals surface area contributed by atoms with Gasteiger partial charge in [0.2, 0.25) is 5.91 Å². The van der Waals surface area contributed by atoms with Crippen LogP contribution in [0.1, 0.15) is 51.9 Å². The monoisotopic (exact) mass is 253 g/mol. The fourth-order valence-corrected chi connectivity index (χ4v) is 3.13. The lowest BCUT2D eigenvalue weighted by atomic mass is 9.89. The molecular weight excluding hydrogens is 226 g/mol. The molecule has 1 aliphatic heterocycles. The quantitative estimate of drug-likeness (QED) is 0.707. The van der Waals surface area contributed by atoms with Crippen LogP contribution in [0.5, 0.6) is 0 Å². The molecule has 0 aromatic rings. The Labute approximate surface area is 110 Å². The van der Waals surface area contributed by atoms with Gasteiger partial charge >= 0.3 is 0 Å². The molecule has 104 valence electrons. The molecule has 4 nitrogen and oxygen atoms in total. The van der Waals surface area contributed by atoms with Gasteiger partial charge in [0.05, 0.1) is 6.04 Å². The van der Waals surface area contributed by atoms with Gasteiger partial charge in [0, 0.05) is 12.1 Å². The van der Waals surface area contributed by atoms with Crippen LogP contribution in [-0.2, 0) is 4.79 Å². The minimum absolute atomic E-state index is 0.0271. The summed E-state index contributed by atoms with van der Waals surface area (Å²) >= 11 is 0. The summed E-state index contributed by atoms with van der Waals surface area (Å²) < 4.78 is 0. The van der Waals surface area contributed by atoms with E-state index in [1.807, 2.05) is 0 Å². The highest BCUT2D eigenvalue weighted by molar-refractivity contribution is 5.82. The van der Waals surface area contributed by atoms with Crippen LogP contribution < -0.4 is 16.4 Å². The highest BCUT2D eigenvalue weighted by atomic mass is 16.2. The maximum atomic E-state index is 12.2. The van der Waals surface area contributed by atoms with Gasteiger partial charge in [-0.2, -0.15) is 0 Å². The molecule has 2 fully saturated rings. The summed E-state index contributed by atoms with van der Waals surface area (Å²) in [7, 11) is 0. The molecule has 0 radical (unpaired) electrons. The molecule has 1 saturated heterocycles. The second-order valence-electron chi connectivity index (χ2n) is 5.93. The lowest BCUT2D eigenvalue weighted by Gasteiger charge is -2.32. The van der Waals surface area contributed by atoms with Gasteiger partial charge in [0.15, 0.2) is 0 Å². The molecule has 4 heteroatoms. The second kappa shape index (κ2) is 6.53. The molecular formula is C14H27N3O. The van der Waals surface area contributed by atoms with Crippen molar-refractivity contribution >= 4 is 5.91 Å². The van der Waals surface area contributed by atoms with E-state index in [4.69, 9.17) is 5.73 Å². The van der Waals surface area contributed by atoms with Gasteiger partial charge in [-0.3, -0.25) is 4.79 Å². The van der Waals surface area contributed by atoms with Crippen LogP contribution in [-0.4, -0.2) is 30.6 Å². The van der Waals surface area contributed by atoms with Crippen molar-refractivity contribution in [1.82, 2.24) is 10.6 Å². The summed E-state index contributed by atoms with van der Waals surface area (Å²) in [5.41, 5.74) is 5.88. The highest BCUT2D eigenvalue weighted by Gasteiger charge is 2.28. The Balaban J connectivity index is 1.77. The maximum absolute atomic E-state index is 12.2. The Hall–Kier alpha value is -0.610. The predicted octanol–water partition coefficient (Wildman–Crippen LogP) is 1.15. The second-order valence-corrected chi connectivity index (χ2v) is 5.93. The lowest BCUT2D eigenvalue weighted by Crippen LogP contribution is -2.52. The fourth-order valence-electron chi connectivity index (χ4n) is 3.13. The van der Waals surface area contributed by atoms with Crippen molar-refractivity contribution in [1.29, 1.82) is 0 Å². The molecule has 2 unspecified atom stereocenters. The molecule has 1 amide bonds. The zero-order valence-corrected chi connectivity index (χ0v) is 11.5. The molecule has 0 aromatic heterocycles. The largest absolute Gasteiger partial charge is 0.352 e. The fraction of sp³-hybridized carbons (Fsp3) is 0.929. The zero-order valence-electron chi connectivity index (χ0n) is 11.5. The van der Waals surface area contributed by atoms with Crippen LogP contribution in [0.2, 0.25) is 0 Å². The van der Waals surface area contributed by atoms with Gasteiger partial charge in [-0.15, -0.1) is 0 Å². The number of amides is 1. The standard InChI is InChI=1S/C14H27N3O/c1-2-10-7-8-16-13(9-10)14(18)17-12-5-3-11(15)4-6-12/h10-13,16H,2-9,15H2,1H3,(H,17,18). The minimum Gasteiger partial charge on any atom is -0.352 e. The number of rotatable bonds is 3. The SMILES string of the molecule is CCC1CCNC(C(=O)NC2CCC(N)CC2)C1. The predicted molar refractivity (Wildman–Crippen MR) is 73.2 cm³/mol. The molecule has 0 bridgehead atoms. The number of carbonyl (C=O) groups is 1. The van der Waals surface area contributed by atoms with Crippen LogP contribution in [0.4, 0.5) is 0 Å². The Kier molecular flexibility index (Phi) is 5.01. The topological polar surface area (TPSA) is 67.2 Å². The van der Waals surface area contributed by atoms with E-state index in [0.717, 1.165) is 38.6 Å². The Bertz CT molecular complexity index is 274. The summed E-state index contributed by atoms with van der Waals surface area (Å²) in [4.78, 5) is 12.2. The van der Waals surface area contributed by atoms with Crippen LogP contribution in [0.3, 0.4) is 0 Å². The van der Waals surface area contributed by atoms with Crippen molar-refractivity contribution in [3.05, 3.63) is 0 Å². The van der Waals surface area contributed by atoms with E-state index in [-0.39, 0.29) is 11.9 Å². The number of nitrogens with two attached hydrogens (primary N) is 1. The Morgan fingerprint density at radius 2 is 2.00 bits per heavy atom. The van der Waals surface area contributed by atoms with E-state index in [2.05, 4.69) is 17.6 Å². The van der Waals surface area contributed by atoms with Gasteiger partial charge in [-0.05, 0) is 51.0 Å². The van der Waals surface area contributed by atoms with Crippen molar-refractivity contribution in [2.24, 2.45) is 11.7 Å². The molecule has 18 heavy (non-hydrogen) atoms. The van der Waals surface area contributed by atoms with Crippen molar-refractivity contribution in [2.45, 2.75) is 70.0 Å². The molecule has 4 N–H and O–H groups in total. The average Bonchev–Trinajstić information content (AvgIpc) is 2.41. The third-order valence-electron chi connectivity index (χ3n) is 4.52. The summed E-state index contributed by atoms with van der Waals surface area (Å²) in [6.07, 6.45) is 7.55. The van der Waals surface area contributed by atoms with E-state index >= 15 is 0 Å². The summed E-state index contributed by atoms with van der Waals surface area (Å²) in [5.74, 6) is 0.912. The first-order valence-electron chi connectivity index (χ1n) is 7.48.